The van der Waals surface area contributed by atoms with E-state index in [0.717, 1.165) is 12.8 Å². The van der Waals surface area contributed by atoms with Gasteiger partial charge in [0.15, 0.2) is 5.78 Å². The van der Waals surface area contributed by atoms with Crippen molar-refractivity contribution in [1.82, 2.24) is 0 Å². The molecule has 0 aromatic rings. The average molecular weight is 326 g/mol. The van der Waals surface area contributed by atoms with E-state index in [1.165, 1.54) is 70.6 Å². The first kappa shape index (κ1) is 22.3. The fourth-order valence-corrected chi connectivity index (χ4v) is 2.66. The molecule has 0 spiro atoms. The van der Waals surface area contributed by atoms with Crippen LogP contribution in [0.15, 0.2) is 12.2 Å². The van der Waals surface area contributed by atoms with E-state index in [1.807, 2.05) is 0 Å². The lowest BCUT2D eigenvalue weighted by Crippen LogP contribution is -2.33. The third-order valence-electron chi connectivity index (χ3n) is 4.30. The molecule has 0 radical (unpaired) electrons. The summed E-state index contributed by atoms with van der Waals surface area (Å²) in [5.41, 5.74) is 5.47. The van der Waals surface area contributed by atoms with Crippen LogP contribution in [-0.4, -0.2) is 23.5 Å². The molecule has 1 atom stereocenters. The second kappa shape index (κ2) is 17.7. The largest absolute Gasteiger partial charge is 0.394 e. The van der Waals surface area contributed by atoms with Crippen molar-refractivity contribution < 1.29 is 9.90 Å². The third-order valence-corrected chi connectivity index (χ3v) is 4.30. The molecule has 0 aliphatic rings. The lowest BCUT2D eigenvalue weighted by Gasteiger charge is -2.06. The van der Waals surface area contributed by atoms with Crippen LogP contribution in [0.4, 0.5) is 0 Å². The van der Waals surface area contributed by atoms with Gasteiger partial charge in [-0.3, -0.25) is 4.79 Å². The molecule has 0 fully saturated rings. The first-order valence-electron chi connectivity index (χ1n) is 9.76. The Morgan fingerprint density at radius 1 is 0.870 bits per heavy atom. The molecule has 0 aliphatic carbocycles. The Hall–Kier alpha value is -0.670. The highest BCUT2D eigenvalue weighted by molar-refractivity contribution is 5.83. The Morgan fingerprint density at radius 3 is 1.87 bits per heavy atom. The van der Waals surface area contributed by atoms with Crippen molar-refractivity contribution in [1.29, 1.82) is 0 Å². The molecule has 0 aromatic carbocycles. The van der Waals surface area contributed by atoms with Crippen molar-refractivity contribution in [2.24, 2.45) is 5.73 Å². The van der Waals surface area contributed by atoms with E-state index >= 15 is 0 Å². The summed E-state index contributed by atoms with van der Waals surface area (Å²) < 4.78 is 0. The van der Waals surface area contributed by atoms with Gasteiger partial charge in [-0.1, -0.05) is 70.4 Å². The highest BCUT2D eigenvalue weighted by atomic mass is 16.3. The van der Waals surface area contributed by atoms with Gasteiger partial charge in [-0.05, 0) is 32.1 Å². The van der Waals surface area contributed by atoms with Crippen molar-refractivity contribution in [3.8, 4) is 0 Å². The normalized spacial score (nSPS) is 12.8. The average Bonchev–Trinajstić information content (AvgIpc) is 2.57. The number of ketones is 1. The molecule has 0 heterocycles. The third kappa shape index (κ3) is 16.0. The van der Waals surface area contributed by atoms with Gasteiger partial charge in [0, 0.05) is 6.42 Å². The van der Waals surface area contributed by atoms with Crippen LogP contribution in [0, 0.1) is 0 Å². The number of carbonyl (C=O) groups is 1. The standard InChI is InChI=1S/C20H39NO2/c1-2-3-4-5-6-7-8-9-10-11-12-13-14-15-16-17-20(23)19(21)18-22/h9-10,19,22H,2-8,11-18,21H2,1H3/b10-9+. The van der Waals surface area contributed by atoms with Crippen molar-refractivity contribution in [3.63, 3.8) is 0 Å². The lowest BCUT2D eigenvalue weighted by molar-refractivity contribution is -0.121. The van der Waals surface area contributed by atoms with Crippen LogP contribution in [0.25, 0.3) is 0 Å². The van der Waals surface area contributed by atoms with Gasteiger partial charge >= 0.3 is 0 Å². The Labute approximate surface area is 143 Å². The van der Waals surface area contributed by atoms with Gasteiger partial charge in [0.05, 0.1) is 12.6 Å². The number of aliphatic hydroxyl groups is 1. The monoisotopic (exact) mass is 325 g/mol. The zero-order valence-corrected chi connectivity index (χ0v) is 15.3. The highest BCUT2D eigenvalue weighted by Gasteiger charge is 2.10. The smallest absolute Gasteiger partial charge is 0.151 e. The molecule has 3 nitrogen and oxygen atoms in total. The molecule has 0 rings (SSSR count). The number of aliphatic hydroxyl groups excluding tert-OH is 1. The molecule has 0 aromatic heterocycles. The molecule has 1 unspecified atom stereocenters. The van der Waals surface area contributed by atoms with Crippen LogP contribution in [0.1, 0.15) is 96.8 Å². The molecule has 23 heavy (non-hydrogen) atoms. The Balaban J connectivity index is 3.21. The van der Waals surface area contributed by atoms with E-state index in [1.54, 1.807) is 0 Å². The number of hydrogen-bond donors (Lipinski definition) is 2. The quantitative estimate of drug-likeness (QED) is 0.295. The minimum atomic E-state index is -0.674. The van der Waals surface area contributed by atoms with E-state index in [-0.39, 0.29) is 12.4 Å². The van der Waals surface area contributed by atoms with Gasteiger partial charge in [-0.25, -0.2) is 0 Å². The number of nitrogens with two attached hydrogens (primary N) is 1. The maximum atomic E-state index is 11.4. The Morgan fingerprint density at radius 2 is 1.35 bits per heavy atom. The topological polar surface area (TPSA) is 63.3 Å². The predicted octanol–water partition coefficient (Wildman–Crippen LogP) is 4.91. The van der Waals surface area contributed by atoms with E-state index in [9.17, 15) is 4.79 Å². The van der Waals surface area contributed by atoms with Crippen LogP contribution in [-0.2, 0) is 4.79 Å². The second-order valence-corrected chi connectivity index (χ2v) is 6.59. The minimum Gasteiger partial charge on any atom is -0.394 e. The van der Waals surface area contributed by atoms with Crippen molar-refractivity contribution in [2.45, 2.75) is 103 Å². The van der Waals surface area contributed by atoms with Crippen LogP contribution in [0.5, 0.6) is 0 Å². The molecule has 0 aliphatic heterocycles. The van der Waals surface area contributed by atoms with E-state index < -0.39 is 6.04 Å². The maximum Gasteiger partial charge on any atom is 0.151 e. The number of allylic oxidation sites excluding steroid dienone is 2. The fourth-order valence-electron chi connectivity index (χ4n) is 2.66. The summed E-state index contributed by atoms with van der Waals surface area (Å²) in [5, 5.41) is 8.78. The first-order chi connectivity index (χ1) is 11.2. The maximum absolute atomic E-state index is 11.4. The molecule has 3 N–H and O–H groups in total. The van der Waals surface area contributed by atoms with Gasteiger partial charge in [0.25, 0.3) is 0 Å². The molecule has 0 amide bonds. The lowest BCUT2D eigenvalue weighted by atomic mass is 10.0. The van der Waals surface area contributed by atoms with Gasteiger partial charge in [0.1, 0.15) is 0 Å². The van der Waals surface area contributed by atoms with Gasteiger partial charge in [-0.2, -0.15) is 0 Å². The van der Waals surface area contributed by atoms with Crippen molar-refractivity contribution >= 4 is 5.78 Å². The highest BCUT2D eigenvalue weighted by Crippen LogP contribution is 2.10. The number of rotatable bonds is 17. The predicted molar refractivity (Wildman–Crippen MR) is 99.5 cm³/mol. The first-order valence-corrected chi connectivity index (χ1v) is 9.76. The van der Waals surface area contributed by atoms with E-state index in [2.05, 4.69) is 19.1 Å². The summed E-state index contributed by atoms with van der Waals surface area (Å²) in [6.45, 7) is 2.03. The van der Waals surface area contributed by atoms with Gasteiger partial charge < -0.3 is 10.8 Å². The number of Topliss-reactive ketones (excluding diaryl/α,β-unsaturated/α-hetero) is 1. The summed E-state index contributed by atoms with van der Waals surface area (Å²) >= 11 is 0. The SMILES string of the molecule is CCCCCCCC/C=C/CCCCCCCC(=O)C(N)CO. The number of hydrogen-bond acceptors (Lipinski definition) is 3. The Bertz CT molecular complexity index is 289. The van der Waals surface area contributed by atoms with Crippen LogP contribution in [0.3, 0.4) is 0 Å². The fraction of sp³-hybridized carbons (Fsp3) is 0.850. The number of carbonyl (C=O) groups excluding carboxylic acids is 1. The molecular formula is C20H39NO2. The molecule has 0 bridgehead atoms. The molecular weight excluding hydrogens is 286 g/mol. The summed E-state index contributed by atoms with van der Waals surface area (Å²) in [7, 11) is 0. The Kier molecular flexibility index (Phi) is 17.2. The molecule has 0 saturated heterocycles. The summed E-state index contributed by atoms with van der Waals surface area (Å²) in [6.07, 6.45) is 21.5. The van der Waals surface area contributed by atoms with Crippen LogP contribution in [0.2, 0.25) is 0 Å². The van der Waals surface area contributed by atoms with Crippen LogP contribution < -0.4 is 5.73 Å². The summed E-state index contributed by atoms with van der Waals surface area (Å²) in [5.74, 6) is -0.00914. The van der Waals surface area contributed by atoms with E-state index in [0.29, 0.717) is 6.42 Å². The zero-order chi connectivity index (χ0) is 17.2. The van der Waals surface area contributed by atoms with E-state index in [4.69, 9.17) is 10.8 Å². The molecule has 136 valence electrons. The minimum absolute atomic E-state index is 0.00914. The van der Waals surface area contributed by atoms with Gasteiger partial charge in [0.2, 0.25) is 0 Å². The second-order valence-electron chi connectivity index (χ2n) is 6.59. The summed E-state index contributed by atoms with van der Waals surface area (Å²) in [4.78, 5) is 11.4. The summed E-state index contributed by atoms with van der Waals surface area (Å²) in [6, 6.07) is -0.674. The van der Waals surface area contributed by atoms with Gasteiger partial charge in [-0.15, -0.1) is 0 Å². The molecule has 0 saturated carbocycles. The van der Waals surface area contributed by atoms with Crippen molar-refractivity contribution in [3.05, 3.63) is 12.2 Å². The molecule has 3 heteroatoms. The van der Waals surface area contributed by atoms with Crippen LogP contribution >= 0.6 is 0 Å². The van der Waals surface area contributed by atoms with Crippen molar-refractivity contribution in [2.75, 3.05) is 6.61 Å². The number of unbranched alkanes of at least 4 members (excludes halogenated alkanes) is 11. The zero-order valence-electron chi connectivity index (χ0n) is 15.3.